The van der Waals surface area contributed by atoms with Crippen molar-refractivity contribution < 1.29 is 24.2 Å². The lowest BCUT2D eigenvalue weighted by molar-refractivity contribution is 0.0524. The van der Waals surface area contributed by atoms with Crippen molar-refractivity contribution >= 4 is 17.7 Å². The molecule has 1 unspecified atom stereocenters. The molecular weight excluding hydrogens is 244 g/mol. The van der Waals surface area contributed by atoms with Crippen LogP contribution in [0.5, 0.6) is 0 Å². The second-order valence-electron chi connectivity index (χ2n) is 3.33. The lowest BCUT2D eigenvalue weighted by atomic mass is 10.3. The van der Waals surface area contributed by atoms with Crippen molar-refractivity contribution in [3.05, 3.63) is 23.7 Å². The molecule has 0 spiro atoms. The van der Waals surface area contributed by atoms with Gasteiger partial charge in [0.15, 0.2) is 0 Å². The maximum atomic E-state index is 11.5. The highest BCUT2D eigenvalue weighted by Gasteiger charge is 2.15. The fourth-order valence-corrected chi connectivity index (χ4v) is 2.09. The summed E-state index contributed by atoms with van der Waals surface area (Å²) in [6.45, 7) is 1.79. The van der Waals surface area contributed by atoms with E-state index in [9.17, 15) is 4.79 Å². The number of carbonyl (C=O) groups excluding carboxylic acids is 1. The Kier molecular flexibility index (Phi) is 6.10. The molecule has 1 aromatic rings. The summed E-state index contributed by atoms with van der Waals surface area (Å²) in [5.74, 6) is 0.968. The van der Waals surface area contributed by atoms with Crippen LogP contribution in [-0.4, -0.2) is 41.3 Å². The van der Waals surface area contributed by atoms with Crippen molar-refractivity contribution in [2.75, 3.05) is 19.0 Å². The van der Waals surface area contributed by atoms with Gasteiger partial charge in [0, 0.05) is 5.75 Å². The van der Waals surface area contributed by atoms with Crippen LogP contribution in [-0.2, 0) is 10.5 Å². The summed E-state index contributed by atoms with van der Waals surface area (Å²) in [4.78, 5) is 11.5. The molecule has 0 fully saturated rings. The number of hydrogen-bond donors (Lipinski definition) is 2. The molecule has 0 radical (unpaired) electrons. The molecule has 96 valence electrons. The van der Waals surface area contributed by atoms with Gasteiger partial charge < -0.3 is 19.4 Å². The Morgan fingerprint density at radius 2 is 2.41 bits per heavy atom. The summed E-state index contributed by atoms with van der Waals surface area (Å²) in [7, 11) is 0. The molecular formula is C11H16O5S. The smallest absolute Gasteiger partial charge is 0.341 e. The molecule has 0 aliphatic carbocycles. The van der Waals surface area contributed by atoms with Crippen molar-refractivity contribution in [2.24, 2.45) is 0 Å². The maximum Gasteiger partial charge on any atom is 0.341 e. The van der Waals surface area contributed by atoms with E-state index in [2.05, 4.69) is 0 Å². The Morgan fingerprint density at radius 1 is 1.65 bits per heavy atom. The van der Waals surface area contributed by atoms with Crippen LogP contribution in [0.25, 0.3) is 0 Å². The van der Waals surface area contributed by atoms with Crippen LogP contribution < -0.4 is 0 Å². The number of esters is 1. The van der Waals surface area contributed by atoms with Crippen LogP contribution in [0.3, 0.4) is 0 Å². The number of furan rings is 1. The lowest BCUT2D eigenvalue weighted by Crippen LogP contribution is -2.14. The average molecular weight is 260 g/mol. The standard InChI is InChI=1S/C11H16O5S/c1-2-15-11(14)9-3-4-16-10(9)7-17-6-8(13)5-12/h3-4,8,12-13H,2,5-7H2,1H3. The molecule has 1 aromatic heterocycles. The Morgan fingerprint density at radius 3 is 3.06 bits per heavy atom. The molecule has 2 N–H and O–H groups in total. The lowest BCUT2D eigenvalue weighted by Gasteiger charge is -2.06. The summed E-state index contributed by atoms with van der Waals surface area (Å²) < 4.78 is 10.1. The molecule has 0 bridgehead atoms. The molecule has 0 aromatic carbocycles. The highest BCUT2D eigenvalue weighted by molar-refractivity contribution is 7.98. The number of thioether (sulfide) groups is 1. The molecule has 5 nitrogen and oxygen atoms in total. The van der Waals surface area contributed by atoms with Crippen molar-refractivity contribution in [3.8, 4) is 0 Å². The third-order valence-corrected chi connectivity index (χ3v) is 3.08. The van der Waals surface area contributed by atoms with Crippen molar-refractivity contribution in [2.45, 2.75) is 18.8 Å². The predicted octanol–water partition coefficient (Wildman–Crippen LogP) is 1.04. The minimum atomic E-state index is -0.749. The SMILES string of the molecule is CCOC(=O)c1ccoc1CSCC(O)CO. The molecule has 17 heavy (non-hydrogen) atoms. The van der Waals surface area contributed by atoms with Gasteiger partial charge in [-0.3, -0.25) is 0 Å². The zero-order valence-electron chi connectivity index (χ0n) is 9.59. The van der Waals surface area contributed by atoms with Crippen LogP contribution in [0.2, 0.25) is 0 Å². The van der Waals surface area contributed by atoms with E-state index in [1.165, 1.54) is 18.0 Å². The van der Waals surface area contributed by atoms with E-state index in [4.69, 9.17) is 19.4 Å². The van der Waals surface area contributed by atoms with E-state index in [1.807, 2.05) is 0 Å². The van der Waals surface area contributed by atoms with E-state index in [0.29, 0.717) is 29.4 Å². The highest BCUT2D eigenvalue weighted by atomic mass is 32.2. The summed E-state index contributed by atoms with van der Waals surface area (Å²) in [5.41, 5.74) is 0.415. The summed E-state index contributed by atoms with van der Waals surface area (Å²) in [6, 6.07) is 1.57. The number of ether oxygens (including phenoxy) is 1. The van der Waals surface area contributed by atoms with Crippen molar-refractivity contribution in [1.82, 2.24) is 0 Å². The van der Waals surface area contributed by atoms with Gasteiger partial charge in [0.2, 0.25) is 0 Å². The Labute approximate surface area is 104 Å². The normalized spacial score (nSPS) is 12.4. The van der Waals surface area contributed by atoms with E-state index in [0.717, 1.165) is 0 Å². The molecule has 1 heterocycles. The van der Waals surface area contributed by atoms with Crippen LogP contribution in [0.4, 0.5) is 0 Å². The quantitative estimate of drug-likeness (QED) is 0.713. The molecule has 0 aliphatic rings. The van der Waals surface area contributed by atoms with Gasteiger partial charge in [-0.1, -0.05) is 0 Å². The number of carbonyl (C=O) groups is 1. The number of aliphatic hydroxyl groups is 2. The number of rotatable bonds is 7. The van der Waals surface area contributed by atoms with Gasteiger partial charge >= 0.3 is 5.97 Å². The van der Waals surface area contributed by atoms with Crippen LogP contribution >= 0.6 is 11.8 Å². The maximum absolute atomic E-state index is 11.5. The van der Waals surface area contributed by atoms with Gasteiger partial charge in [0.25, 0.3) is 0 Å². The largest absolute Gasteiger partial charge is 0.468 e. The Hall–Kier alpha value is -0.980. The van der Waals surface area contributed by atoms with E-state index < -0.39 is 12.1 Å². The van der Waals surface area contributed by atoms with Crippen molar-refractivity contribution in [1.29, 1.82) is 0 Å². The van der Waals surface area contributed by atoms with Crippen LogP contribution in [0.1, 0.15) is 23.0 Å². The molecule has 1 rings (SSSR count). The Balaban J connectivity index is 2.48. The molecule has 6 heteroatoms. The highest BCUT2D eigenvalue weighted by Crippen LogP contribution is 2.19. The van der Waals surface area contributed by atoms with Gasteiger partial charge in [-0.05, 0) is 13.0 Å². The van der Waals surface area contributed by atoms with Crippen molar-refractivity contribution in [3.63, 3.8) is 0 Å². The monoisotopic (exact) mass is 260 g/mol. The predicted molar refractivity (Wildman–Crippen MR) is 63.9 cm³/mol. The van der Waals surface area contributed by atoms with Gasteiger partial charge in [-0.15, -0.1) is 0 Å². The van der Waals surface area contributed by atoms with Gasteiger partial charge in [-0.25, -0.2) is 4.79 Å². The number of aliphatic hydroxyl groups excluding tert-OH is 2. The first-order chi connectivity index (χ1) is 8.19. The Bertz CT molecular complexity index is 349. The average Bonchev–Trinajstić information content (AvgIpc) is 2.77. The fraction of sp³-hybridized carbons (Fsp3) is 0.545. The van der Waals surface area contributed by atoms with Crippen LogP contribution in [0.15, 0.2) is 16.7 Å². The second-order valence-corrected chi connectivity index (χ2v) is 4.36. The van der Waals surface area contributed by atoms with E-state index in [1.54, 1.807) is 13.0 Å². The zero-order chi connectivity index (χ0) is 12.7. The minimum Gasteiger partial charge on any atom is -0.468 e. The third-order valence-electron chi connectivity index (χ3n) is 1.99. The minimum absolute atomic E-state index is 0.268. The summed E-state index contributed by atoms with van der Waals surface area (Å²) in [6.07, 6.45) is 0.686. The van der Waals surface area contributed by atoms with Gasteiger partial charge in [0.05, 0.1) is 31.3 Å². The number of hydrogen-bond acceptors (Lipinski definition) is 6. The zero-order valence-corrected chi connectivity index (χ0v) is 10.4. The first kappa shape index (κ1) is 14.1. The second kappa shape index (κ2) is 7.37. The van der Waals surface area contributed by atoms with E-state index in [-0.39, 0.29) is 6.61 Å². The third kappa shape index (κ3) is 4.41. The topological polar surface area (TPSA) is 79.9 Å². The fourth-order valence-electron chi connectivity index (χ4n) is 1.18. The van der Waals surface area contributed by atoms with E-state index >= 15 is 0 Å². The van der Waals surface area contributed by atoms with Gasteiger partial charge in [-0.2, -0.15) is 11.8 Å². The first-order valence-electron chi connectivity index (χ1n) is 5.29. The first-order valence-corrected chi connectivity index (χ1v) is 6.44. The van der Waals surface area contributed by atoms with Gasteiger partial charge in [0.1, 0.15) is 11.3 Å². The molecule has 0 amide bonds. The summed E-state index contributed by atoms with van der Waals surface area (Å²) in [5, 5.41) is 17.8. The summed E-state index contributed by atoms with van der Waals surface area (Å²) >= 11 is 1.38. The van der Waals surface area contributed by atoms with Crippen LogP contribution in [0, 0.1) is 0 Å². The molecule has 1 atom stereocenters. The molecule has 0 saturated carbocycles. The molecule has 0 saturated heterocycles. The molecule has 0 aliphatic heterocycles.